The van der Waals surface area contributed by atoms with E-state index in [0.717, 1.165) is 22.3 Å². The summed E-state index contributed by atoms with van der Waals surface area (Å²) in [5, 5.41) is 11.1. The molecule has 6 rings (SSSR count). The van der Waals surface area contributed by atoms with Crippen molar-refractivity contribution in [2.75, 3.05) is 26.2 Å². The van der Waals surface area contributed by atoms with E-state index < -0.39 is 18.6 Å². The number of hydrogen-bond donors (Lipinski definition) is 1. The second kappa shape index (κ2) is 11.5. The summed E-state index contributed by atoms with van der Waals surface area (Å²) >= 11 is 6.46. The normalized spacial score (nSPS) is 16.5. The molecule has 1 saturated heterocycles. The molecule has 0 unspecified atom stereocenters. The fourth-order valence-corrected chi connectivity index (χ4v) is 6.87. The highest BCUT2D eigenvalue weighted by Crippen LogP contribution is 2.45. The summed E-state index contributed by atoms with van der Waals surface area (Å²) in [6.07, 6.45) is -2.64. The predicted octanol–water partition coefficient (Wildman–Crippen LogP) is 6.81. The molecular formula is C32H31ClF2N4O3. The van der Waals surface area contributed by atoms with E-state index in [1.807, 2.05) is 36.4 Å². The number of rotatable bonds is 7. The van der Waals surface area contributed by atoms with Crippen LogP contribution in [0.5, 0.6) is 0 Å². The molecule has 2 aliphatic rings. The highest BCUT2D eigenvalue weighted by molar-refractivity contribution is 6.35. The summed E-state index contributed by atoms with van der Waals surface area (Å²) in [5.41, 5.74) is 4.33. The molecule has 1 atom stereocenters. The Kier molecular flexibility index (Phi) is 7.72. The third-order valence-corrected chi connectivity index (χ3v) is 8.97. The van der Waals surface area contributed by atoms with Crippen LogP contribution in [0.1, 0.15) is 54.7 Å². The van der Waals surface area contributed by atoms with E-state index in [1.54, 1.807) is 34.6 Å². The number of piperidine rings is 1. The molecule has 1 aliphatic heterocycles. The molecule has 1 fully saturated rings. The molecule has 10 heteroatoms. The zero-order valence-electron chi connectivity index (χ0n) is 23.1. The maximum Gasteiger partial charge on any atom is 0.407 e. The van der Waals surface area contributed by atoms with Crippen molar-refractivity contribution < 1.29 is 18.7 Å². The van der Waals surface area contributed by atoms with Crippen molar-refractivity contribution in [3.05, 3.63) is 99.1 Å². The van der Waals surface area contributed by atoms with Crippen molar-refractivity contribution in [3.63, 3.8) is 0 Å². The number of carbonyl (C=O) groups is 1. The number of likely N-dealkylation sites (tertiary alicyclic amines) is 1. The first-order valence-corrected chi connectivity index (χ1v) is 14.5. The van der Waals surface area contributed by atoms with Crippen LogP contribution in [-0.2, 0) is 0 Å². The Morgan fingerprint density at radius 3 is 2.24 bits per heavy atom. The van der Waals surface area contributed by atoms with Crippen molar-refractivity contribution in [1.29, 1.82) is 0 Å². The first-order chi connectivity index (χ1) is 20.2. The molecule has 1 N–H and O–H groups in total. The minimum Gasteiger partial charge on any atom is -0.465 e. The van der Waals surface area contributed by atoms with Crippen molar-refractivity contribution in [2.45, 2.75) is 44.2 Å². The Labute approximate surface area is 247 Å². The first kappa shape index (κ1) is 28.3. The van der Waals surface area contributed by atoms with Crippen molar-refractivity contribution >= 4 is 28.6 Å². The minimum atomic E-state index is -2.43. The van der Waals surface area contributed by atoms with Gasteiger partial charge in [-0.2, -0.15) is 0 Å². The van der Waals surface area contributed by atoms with E-state index in [4.69, 9.17) is 16.6 Å². The predicted molar refractivity (Wildman–Crippen MR) is 159 cm³/mol. The Morgan fingerprint density at radius 2 is 1.64 bits per heavy atom. The topological polar surface area (TPSA) is 78.7 Å². The third-order valence-electron chi connectivity index (χ3n) is 8.65. The van der Waals surface area contributed by atoms with E-state index in [-0.39, 0.29) is 41.0 Å². The number of hydrogen-bond acceptors (Lipinski definition) is 4. The maximum absolute atomic E-state index is 14.0. The number of carboxylic acid groups (broad SMARTS) is 1. The van der Waals surface area contributed by atoms with E-state index >= 15 is 0 Å². The Morgan fingerprint density at radius 1 is 1.02 bits per heavy atom. The van der Waals surface area contributed by atoms with Gasteiger partial charge in [-0.15, -0.1) is 0 Å². The molecule has 0 bridgehead atoms. The van der Waals surface area contributed by atoms with Gasteiger partial charge in [-0.1, -0.05) is 66.2 Å². The number of fused-ring (bicyclic) bond motifs is 4. The fourth-order valence-electron chi connectivity index (χ4n) is 6.62. The molecule has 0 radical (unpaired) electrons. The molecule has 0 saturated carbocycles. The molecule has 218 valence electrons. The van der Waals surface area contributed by atoms with Gasteiger partial charge >= 0.3 is 6.09 Å². The van der Waals surface area contributed by atoms with Crippen LogP contribution in [0.15, 0.2) is 71.5 Å². The smallest absolute Gasteiger partial charge is 0.407 e. The van der Waals surface area contributed by atoms with E-state index in [9.17, 15) is 23.5 Å². The lowest BCUT2D eigenvalue weighted by atomic mass is 9.95. The van der Waals surface area contributed by atoms with Crippen molar-refractivity contribution in [3.8, 4) is 11.1 Å². The summed E-state index contributed by atoms with van der Waals surface area (Å²) in [4.78, 5) is 34.8. The first-order valence-electron chi connectivity index (χ1n) is 14.1. The molecule has 0 spiro atoms. The van der Waals surface area contributed by atoms with Gasteiger partial charge in [-0.05, 0) is 54.2 Å². The standard InChI is InChI=1S/C32H31ClF2N4O3/c1-19(38(32(41)42)17-25-23-9-4-2-7-21(23)22-8-3-5-10-24(22)25)30-36-27-12-6-11-26(33)29(27)31(40)39(30)20-13-15-37(16-14-20)18-28(34)35/h2-12,19-20,25,28H,13-18H2,1H3,(H,41,42)/t19-/m0/s1. The largest absolute Gasteiger partial charge is 0.465 e. The van der Waals surface area contributed by atoms with Gasteiger partial charge in [0.25, 0.3) is 12.0 Å². The molecule has 1 amide bonds. The van der Waals surface area contributed by atoms with Crippen LogP contribution in [0.3, 0.4) is 0 Å². The molecule has 7 nitrogen and oxygen atoms in total. The van der Waals surface area contributed by atoms with Gasteiger partial charge in [0.05, 0.1) is 28.5 Å². The summed E-state index contributed by atoms with van der Waals surface area (Å²) in [6, 6.07) is 20.0. The van der Waals surface area contributed by atoms with Gasteiger partial charge in [0.15, 0.2) is 0 Å². The van der Waals surface area contributed by atoms with Crippen LogP contribution in [0.25, 0.3) is 22.0 Å². The zero-order chi connectivity index (χ0) is 29.5. The molecule has 1 aliphatic carbocycles. The summed E-state index contributed by atoms with van der Waals surface area (Å²) in [6.45, 7) is 2.40. The average Bonchev–Trinajstić information content (AvgIpc) is 3.29. The molecule has 2 heterocycles. The second-order valence-electron chi connectivity index (χ2n) is 11.0. The summed E-state index contributed by atoms with van der Waals surface area (Å²) < 4.78 is 27.6. The van der Waals surface area contributed by atoms with Crippen molar-refractivity contribution in [1.82, 2.24) is 19.4 Å². The van der Waals surface area contributed by atoms with Crippen LogP contribution in [0, 0.1) is 0 Å². The van der Waals surface area contributed by atoms with Crippen LogP contribution in [0.4, 0.5) is 13.6 Å². The number of amides is 1. The summed E-state index contributed by atoms with van der Waals surface area (Å²) in [5.74, 6) is 0.132. The lowest BCUT2D eigenvalue weighted by molar-refractivity contribution is 0.0687. The lowest BCUT2D eigenvalue weighted by Crippen LogP contribution is -2.43. The molecule has 1 aromatic heterocycles. The average molecular weight is 593 g/mol. The highest BCUT2D eigenvalue weighted by atomic mass is 35.5. The van der Waals surface area contributed by atoms with E-state index in [2.05, 4.69) is 12.1 Å². The Hall–Kier alpha value is -3.82. The molecule has 42 heavy (non-hydrogen) atoms. The number of nitrogens with zero attached hydrogens (tertiary/aromatic N) is 4. The van der Waals surface area contributed by atoms with Crippen LogP contribution in [-0.4, -0.2) is 63.2 Å². The van der Waals surface area contributed by atoms with E-state index in [1.165, 1.54) is 4.90 Å². The fraction of sp³-hybridized carbons (Fsp3) is 0.344. The second-order valence-corrected chi connectivity index (χ2v) is 11.4. The molecule has 3 aromatic carbocycles. The maximum atomic E-state index is 14.0. The van der Waals surface area contributed by atoms with Crippen LogP contribution < -0.4 is 5.56 Å². The molecular weight excluding hydrogens is 562 g/mol. The number of benzene rings is 3. The van der Waals surface area contributed by atoms with Gasteiger partial charge in [-0.3, -0.25) is 19.2 Å². The van der Waals surface area contributed by atoms with Gasteiger partial charge in [0, 0.05) is 31.6 Å². The zero-order valence-corrected chi connectivity index (χ0v) is 23.8. The highest BCUT2D eigenvalue weighted by Gasteiger charge is 2.36. The van der Waals surface area contributed by atoms with Gasteiger partial charge in [0.1, 0.15) is 5.82 Å². The lowest BCUT2D eigenvalue weighted by Gasteiger charge is -2.36. The van der Waals surface area contributed by atoms with Gasteiger partial charge in [-0.25, -0.2) is 18.6 Å². The Bertz CT molecular complexity index is 1660. The Balaban J connectivity index is 1.41. The van der Waals surface area contributed by atoms with Crippen LogP contribution >= 0.6 is 11.6 Å². The summed E-state index contributed by atoms with van der Waals surface area (Å²) in [7, 11) is 0. The van der Waals surface area contributed by atoms with E-state index in [0.29, 0.717) is 37.3 Å². The minimum absolute atomic E-state index is 0.167. The number of alkyl halides is 2. The number of halogens is 3. The van der Waals surface area contributed by atoms with Crippen LogP contribution in [0.2, 0.25) is 5.02 Å². The van der Waals surface area contributed by atoms with Crippen molar-refractivity contribution in [2.24, 2.45) is 0 Å². The third kappa shape index (κ3) is 5.05. The molecule has 4 aromatic rings. The quantitative estimate of drug-likeness (QED) is 0.255. The van der Waals surface area contributed by atoms with Gasteiger partial charge < -0.3 is 5.11 Å². The van der Waals surface area contributed by atoms with Gasteiger partial charge in [0.2, 0.25) is 0 Å². The monoisotopic (exact) mass is 592 g/mol. The number of aromatic nitrogens is 2. The SMILES string of the molecule is C[C@@H](c1nc2cccc(Cl)c2c(=O)n1C1CCN(CC(F)F)CC1)N(CC1c2ccccc2-c2ccccc21)C(=O)O.